The van der Waals surface area contributed by atoms with Crippen molar-refractivity contribution in [2.45, 2.75) is 148 Å². The Morgan fingerprint density at radius 1 is 0.604 bits per heavy atom. The minimum atomic E-state index is -4.28. The number of ether oxygens (including phenoxy) is 2. The molecule has 306 valence electrons. The molecule has 0 aliphatic heterocycles. The topological polar surface area (TPSA) is 91.3 Å². The van der Waals surface area contributed by atoms with Crippen LogP contribution in [0.1, 0.15) is 142 Å². The van der Waals surface area contributed by atoms with Crippen LogP contribution in [0.3, 0.4) is 0 Å². The second-order valence-electron chi connectivity index (χ2n) is 14.6. The van der Waals surface area contributed by atoms with E-state index in [1.54, 1.807) is 0 Å². The van der Waals surface area contributed by atoms with E-state index in [4.69, 9.17) is 18.5 Å². The second kappa shape index (κ2) is 36.9. The zero-order valence-electron chi connectivity index (χ0n) is 34.5. The summed E-state index contributed by atoms with van der Waals surface area (Å²) in [7, 11) is 1.63. The van der Waals surface area contributed by atoms with Gasteiger partial charge < -0.3 is 18.9 Å². The van der Waals surface area contributed by atoms with Gasteiger partial charge in [-0.1, -0.05) is 145 Å². The third-order valence-electron chi connectivity index (χ3n) is 8.28. The maximum absolute atomic E-state index is 12.6. The van der Waals surface area contributed by atoms with E-state index in [9.17, 15) is 14.3 Å². The van der Waals surface area contributed by atoms with Gasteiger partial charge in [-0.3, -0.25) is 13.8 Å². The van der Waals surface area contributed by atoms with E-state index in [1.165, 1.54) is 51.4 Å². The van der Waals surface area contributed by atoms with Gasteiger partial charge in [-0.2, -0.15) is 0 Å². The lowest BCUT2D eigenvalue weighted by Gasteiger charge is -2.24. The van der Waals surface area contributed by atoms with E-state index >= 15 is 0 Å². The molecule has 0 saturated carbocycles. The van der Waals surface area contributed by atoms with Crippen LogP contribution in [0, 0.1) is 0 Å². The number of phosphoric ester groups is 1. The summed E-state index contributed by atoms with van der Waals surface area (Å²) < 4.78 is 34.8. The monoisotopic (exact) mass is 765 g/mol. The van der Waals surface area contributed by atoms with Crippen molar-refractivity contribution >= 4 is 13.8 Å². The van der Waals surface area contributed by atoms with Crippen LogP contribution in [0.2, 0.25) is 0 Å². The van der Waals surface area contributed by atoms with Gasteiger partial charge in [-0.05, 0) is 64.2 Å². The molecule has 0 fully saturated rings. The number of rotatable bonds is 37. The highest BCUT2D eigenvalue weighted by molar-refractivity contribution is 7.47. The first kappa shape index (κ1) is 50.9. The number of hydrogen-bond donors (Lipinski definition) is 1. The van der Waals surface area contributed by atoms with Gasteiger partial charge >= 0.3 is 13.8 Å². The van der Waals surface area contributed by atoms with E-state index in [0.717, 1.165) is 64.2 Å². The van der Waals surface area contributed by atoms with Crippen molar-refractivity contribution in [2.24, 2.45) is 0 Å². The molecule has 9 heteroatoms. The van der Waals surface area contributed by atoms with Gasteiger partial charge in [-0.25, -0.2) is 4.57 Å². The molecule has 1 N–H and O–H groups in total. The van der Waals surface area contributed by atoms with Crippen molar-refractivity contribution in [3.8, 4) is 0 Å². The van der Waals surface area contributed by atoms with Crippen LogP contribution in [0.5, 0.6) is 0 Å². The van der Waals surface area contributed by atoms with Gasteiger partial charge in [0, 0.05) is 13.0 Å². The average Bonchev–Trinajstić information content (AvgIpc) is 3.11. The van der Waals surface area contributed by atoms with E-state index in [-0.39, 0.29) is 32.2 Å². The fraction of sp³-hybridized carbons (Fsp3) is 0.705. The number of likely N-dealkylation sites (N-methyl/N-ethyl adjacent to an activating group) is 1. The lowest BCUT2D eigenvalue weighted by Crippen LogP contribution is -2.37. The molecule has 0 aromatic rings. The molecule has 0 bridgehead atoms. The Labute approximate surface area is 325 Å². The van der Waals surface area contributed by atoms with Gasteiger partial charge in [-0.15, -0.1) is 0 Å². The number of quaternary nitrogens is 1. The Bertz CT molecular complexity index is 1070. The van der Waals surface area contributed by atoms with Gasteiger partial charge in [0.05, 0.1) is 34.4 Å². The largest absolute Gasteiger partial charge is 0.472 e. The van der Waals surface area contributed by atoms with Gasteiger partial charge in [0.15, 0.2) is 0 Å². The van der Waals surface area contributed by atoms with E-state index in [2.05, 4.69) is 86.8 Å². The molecule has 0 spiro atoms. The first-order valence-corrected chi connectivity index (χ1v) is 22.2. The third-order valence-corrected chi connectivity index (χ3v) is 9.27. The molecule has 0 radical (unpaired) electrons. The molecule has 0 heterocycles. The molecule has 53 heavy (non-hydrogen) atoms. The fourth-order valence-electron chi connectivity index (χ4n) is 5.08. The van der Waals surface area contributed by atoms with Crippen molar-refractivity contribution in [1.29, 1.82) is 0 Å². The fourth-order valence-corrected chi connectivity index (χ4v) is 5.82. The highest BCUT2D eigenvalue weighted by Crippen LogP contribution is 2.43. The van der Waals surface area contributed by atoms with Crippen LogP contribution in [0.4, 0.5) is 0 Å². The first-order chi connectivity index (χ1) is 25.6. The Hall–Kier alpha value is -2.06. The summed E-state index contributed by atoms with van der Waals surface area (Å²) in [5, 5.41) is 0. The normalized spacial score (nSPS) is 14.6. The molecule has 0 amide bonds. The number of unbranched alkanes of at least 4 members (excludes halogenated alkanes) is 11. The molecule has 0 aromatic heterocycles. The predicted octanol–water partition coefficient (Wildman–Crippen LogP) is 11.9. The summed E-state index contributed by atoms with van der Waals surface area (Å²) in [6, 6.07) is 0. The molecule has 0 aliphatic rings. The minimum Gasteiger partial charge on any atom is -0.457 e. The van der Waals surface area contributed by atoms with E-state index < -0.39 is 13.9 Å². The van der Waals surface area contributed by atoms with E-state index in [1.807, 2.05) is 21.1 Å². The number of nitrogens with zero attached hydrogens (tertiary/aromatic N) is 1. The molecule has 0 aliphatic carbocycles. The van der Waals surface area contributed by atoms with Crippen LogP contribution in [0.15, 0.2) is 72.9 Å². The molecule has 2 atom stereocenters. The van der Waals surface area contributed by atoms with Crippen LogP contribution in [-0.4, -0.2) is 75.6 Å². The van der Waals surface area contributed by atoms with Crippen LogP contribution >= 0.6 is 7.82 Å². The number of carbonyl (C=O) groups excluding carboxylic acids is 1. The van der Waals surface area contributed by atoms with Gasteiger partial charge in [0.25, 0.3) is 0 Å². The number of esters is 1. The number of phosphoric acid groups is 1. The minimum absolute atomic E-state index is 0.0771. The molecule has 0 saturated heterocycles. The SMILES string of the molecule is CC/C=C\C/C=C\C/C=C\C/C=C\C/C=C\C/C=C\CCCCC(=O)OC(COCCCCCCCCCCCC)COP(=O)(O)OCC[N+](C)(C)C. The second-order valence-corrected chi connectivity index (χ2v) is 16.1. The standard InChI is InChI=1S/C44H78NO7P/c1-6-8-10-12-14-16-18-19-20-21-22-23-24-25-26-27-28-29-31-33-35-37-44(46)52-43(42-51-53(47,48)50-40-38-45(3,4)5)41-49-39-36-34-32-30-17-15-13-11-9-7-2/h8,10,14,16,19-20,22-23,25-26,28-29,43H,6-7,9,11-13,15,17-18,21,24,27,30-42H2,1-5H3/p+1/b10-8-,16-14-,20-19-,23-22-,26-25-,29-28-. The molecular weight excluding hydrogens is 685 g/mol. The van der Waals surface area contributed by atoms with Crippen LogP contribution in [-0.2, 0) is 27.9 Å². The Morgan fingerprint density at radius 3 is 1.60 bits per heavy atom. The van der Waals surface area contributed by atoms with Crippen LogP contribution < -0.4 is 0 Å². The Balaban J connectivity index is 4.34. The van der Waals surface area contributed by atoms with Gasteiger partial charge in [0.2, 0.25) is 0 Å². The van der Waals surface area contributed by atoms with Gasteiger partial charge in [0.1, 0.15) is 19.3 Å². The van der Waals surface area contributed by atoms with Crippen LogP contribution in [0.25, 0.3) is 0 Å². The predicted molar refractivity (Wildman–Crippen MR) is 224 cm³/mol. The lowest BCUT2D eigenvalue weighted by atomic mass is 10.1. The van der Waals surface area contributed by atoms with Crippen molar-refractivity contribution in [3.63, 3.8) is 0 Å². The zero-order valence-corrected chi connectivity index (χ0v) is 35.4. The van der Waals surface area contributed by atoms with Crippen molar-refractivity contribution in [1.82, 2.24) is 0 Å². The number of carbonyl (C=O) groups is 1. The smallest absolute Gasteiger partial charge is 0.457 e. The number of hydrogen-bond acceptors (Lipinski definition) is 6. The molecule has 2 unspecified atom stereocenters. The summed E-state index contributed by atoms with van der Waals surface area (Å²) in [4.78, 5) is 22.8. The number of allylic oxidation sites excluding steroid dienone is 12. The zero-order chi connectivity index (χ0) is 39.1. The molecule has 8 nitrogen and oxygen atoms in total. The third kappa shape index (κ3) is 41.0. The summed E-state index contributed by atoms with van der Waals surface area (Å²) in [6.07, 6.45) is 46.5. The summed E-state index contributed by atoms with van der Waals surface area (Å²) in [5.74, 6) is -0.359. The van der Waals surface area contributed by atoms with E-state index in [0.29, 0.717) is 24.1 Å². The molecule has 0 rings (SSSR count). The highest BCUT2D eigenvalue weighted by atomic mass is 31.2. The maximum atomic E-state index is 12.6. The maximum Gasteiger partial charge on any atom is 0.472 e. The summed E-state index contributed by atoms with van der Waals surface area (Å²) >= 11 is 0. The average molecular weight is 765 g/mol. The van der Waals surface area contributed by atoms with Crippen molar-refractivity contribution in [2.75, 3.05) is 54.1 Å². The lowest BCUT2D eigenvalue weighted by molar-refractivity contribution is -0.870. The van der Waals surface area contributed by atoms with Crippen molar-refractivity contribution < 1.29 is 37.3 Å². The molecular formula is C44H79NO7P+. The Kier molecular flexibility index (Phi) is 35.5. The quantitative estimate of drug-likeness (QED) is 0.0221. The summed E-state index contributed by atoms with van der Waals surface area (Å²) in [5.41, 5.74) is 0. The summed E-state index contributed by atoms with van der Waals surface area (Å²) in [6.45, 7) is 5.42. The Morgan fingerprint density at radius 2 is 1.09 bits per heavy atom. The molecule has 0 aromatic carbocycles. The van der Waals surface area contributed by atoms with Crippen molar-refractivity contribution in [3.05, 3.63) is 72.9 Å². The first-order valence-electron chi connectivity index (χ1n) is 20.7. The highest BCUT2D eigenvalue weighted by Gasteiger charge is 2.26.